The van der Waals surface area contributed by atoms with E-state index in [-0.39, 0.29) is 23.8 Å². The predicted molar refractivity (Wildman–Crippen MR) is 74.6 cm³/mol. The van der Waals surface area contributed by atoms with Gasteiger partial charge in [0.2, 0.25) is 5.91 Å². The highest BCUT2D eigenvalue weighted by atomic mass is 16.3. The van der Waals surface area contributed by atoms with Gasteiger partial charge in [0.15, 0.2) is 0 Å². The van der Waals surface area contributed by atoms with E-state index in [1.807, 2.05) is 6.92 Å². The standard InChI is InChI=1S/C14H19N3O3/c1-10-2-3-12(18)11(8-10)14(20)16-9-13(19)17-6-4-15-5-7-17/h2-3,8,15,18H,4-7,9H2,1H3,(H,16,20). The summed E-state index contributed by atoms with van der Waals surface area (Å²) in [7, 11) is 0. The van der Waals surface area contributed by atoms with Crippen molar-refractivity contribution in [3.63, 3.8) is 0 Å². The molecule has 108 valence electrons. The number of benzene rings is 1. The zero-order chi connectivity index (χ0) is 14.5. The summed E-state index contributed by atoms with van der Waals surface area (Å²) in [4.78, 5) is 25.6. The predicted octanol–water partition coefficient (Wildman–Crippen LogP) is -0.138. The molecule has 0 radical (unpaired) electrons. The van der Waals surface area contributed by atoms with E-state index in [1.165, 1.54) is 6.07 Å². The number of carbonyl (C=O) groups is 2. The first-order valence-electron chi connectivity index (χ1n) is 6.64. The van der Waals surface area contributed by atoms with Crippen molar-refractivity contribution >= 4 is 11.8 Å². The van der Waals surface area contributed by atoms with Crippen molar-refractivity contribution in [2.75, 3.05) is 32.7 Å². The lowest BCUT2D eigenvalue weighted by molar-refractivity contribution is -0.130. The molecule has 6 heteroatoms. The number of nitrogens with one attached hydrogen (secondary N) is 2. The van der Waals surface area contributed by atoms with Crippen LogP contribution in [0.1, 0.15) is 15.9 Å². The van der Waals surface area contributed by atoms with Gasteiger partial charge >= 0.3 is 0 Å². The third kappa shape index (κ3) is 3.48. The molecule has 0 unspecified atom stereocenters. The van der Waals surface area contributed by atoms with Gasteiger partial charge in [-0.2, -0.15) is 0 Å². The average molecular weight is 277 g/mol. The van der Waals surface area contributed by atoms with E-state index in [4.69, 9.17) is 0 Å². The first kappa shape index (κ1) is 14.3. The van der Waals surface area contributed by atoms with E-state index in [9.17, 15) is 14.7 Å². The molecule has 0 atom stereocenters. The van der Waals surface area contributed by atoms with Gasteiger partial charge in [-0.15, -0.1) is 0 Å². The lowest BCUT2D eigenvalue weighted by Crippen LogP contribution is -2.49. The van der Waals surface area contributed by atoms with Gasteiger partial charge in [0, 0.05) is 26.2 Å². The summed E-state index contributed by atoms with van der Waals surface area (Å²) >= 11 is 0. The maximum atomic E-state index is 12.0. The van der Waals surface area contributed by atoms with Crippen LogP contribution >= 0.6 is 0 Å². The number of hydrogen-bond acceptors (Lipinski definition) is 4. The van der Waals surface area contributed by atoms with Crippen LogP contribution in [0.15, 0.2) is 18.2 Å². The Morgan fingerprint density at radius 3 is 2.75 bits per heavy atom. The molecule has 1 fully saturated rings. The summed E-state index contributed by atoms with van der Waals surface area (Å²) in [5.74, 6) is -0.621. The van der Waals surface area contributed by atoms with E-state index < -0.39 is 5.91 Å². The molecule has 0 saturated carbocycles. The first-order valence-corrected chi connectivity index (χ1v) is 6.64. The van der Waals surface area contributed by atoms with E-state index in [0.717, 1.165) is 18.7 Å². The summed E-state index contributed by atoms with van der Waals surface area (Å²) in [6.07, 6.45) is 0. The van der Waals surface area contributed by atoms with Crippen LogP contribution in [0.2, 0.25) is 0 Å². The van der Waals surface area contributed by atoms with Gasteiger partial charge in [0.05, 0.1) is 12.1 Å². The number of aryl methyl sites for hydroxylation is 1. The molecule has 0 aliphatic carbocycles. The molecule has 6 nitrogen and oxygen atoms in total. The SMILES string of the molecule is Cc1ccc(O)c(C(=O)NCC(=O)N2CCNCC2)c1. The van der Waals surface area contributed by atoms with Gasteiger partial charge in [-0.25, -0.2) is 0 Å². The molecule has 0 bridgehead atoms. The summed E-state index contributed by atoms with van der Waals surface area (Å²) in [5.41, 5.74) is 1.07. The zero-order valence-electron chi connectivity index (χ0n) is 11.5. The summed E-state index contributed by atoms with van der Waals surface area (Å²) < 4.78 is 0. The van der Waals surface area contributed by atoms with Crippen LogP contribution in [-0.2, 0) is 4.79 Å². The highest BCUT2D eigenvalue weighted by molar-refractivity contribution is 5.98. The van der Waals surface area contributed by atoms with E-state index in [1.54, 1.807) is 17.0 Å². The minimum Gasteiger partial charge on any atom is -0.507 e. The Hall–Kier alpha value is -2.08. The molecule has 2 amide bonds. The Morgan fingerprint density at radius 2 is 2.05 bits per heavy atom. The Kier molecular flexibility index (Phi) is 4.57. The molecular weight excluding hydrogens is 258 g/mol. The Bertz CT molecular complexity index is 510. The number of nitrogens with zero attached hydrogens (tertiary/aromatic N) is 1. The number of piperazine rings is 1. The van der Waals surface area contributed by atoms with Gasteiger partial charge in [0.25, 0.3) is 5.91 Å². The van der Waals surface area contributed by atoms with Gasteiger partial charge in [-0.3, -0.25) is 9.59 Å². The van der Waals surface area contributed by atoms with Crippen LogP contribution in [0.25, 0.3) is 0 Å². The van der Waals surface area contributed by atoms with Crippen molar-refractivity contribution in [3.8, 4) is 5.75 Å². The van der Waals surface area contributed by atoms with Gasteiger partial charge in [-0.05, 0) is 19.1 Å². The monoisotopic (exact) mass is 277 g/mol. The number of rotatable bonds is 3. The van der Waals surface area contributed by atoms with Crippen LogP contribution in [0.4, 0.5) is 0 Å². The van der Waals surface area contributed by atoms with Crippen molar-refractivity contribution < 1.29 is 14.7 Å². The van der Waals surface area contributed by atoms with Gasteiger partial charge in [0.1, 0.15) is 5.75 Å². The van der Waals surface area contributed by atoms with Crippen molar-refractivity contribution in [1.29, 1.82) is 0 Å². The van der Waals surface area contributed by atoms with Gasteiger partial charge in [-0.1, -0.05) is 11.6 Å². The van der Waals surface area contributed by atoms with Crippen molar-refractivity contribution in [2.24, 2.45) is 0 Å². The summed E-state index contributed by atoms with van der Waals surface area (Å²) in [6.45, 7) is 4.65. The van der Waals surface area contributed by atoms with Crippen molar-refractivity contribution in [1.82, 2.24) is 15.5 Å². The van der Waals surface area contributed by atoms with Crippen LogP contribution in [0.5, 0.6) is 5.75 Å². The first-order chi connectivity index (χ1) is 9.58. The highest BCUT2D eigenvalue weighted by Gasteiger charge is 2.18. The molecule has 20 heavy (non-hydrogen) atoms. The second kappa shape index (κ2) is 6.38. The lowest BCUT2D eigenvalue weighted by Gasteiger charge is -2.27. The van der Waals surface area contributed by atoms with Crippen LogP contribution in [-0.4, -0.2) is 54.5 Å². The largest absolute Gasteiger partial charge is 0.507 e. The molecule has 1 aliphatic rings. The van der Waals surface area contributed by atoms with Crippen molar-refractivity contribution in [3.05, 3.63) is 29.3 Å². The maximum absolute atomic E-state index is 12.0. The number of phenols is 1. The number of hydrogen-bond donors (Lipinski definition) is 3. The van der Waals surface area contributed by atoms with Gasteiger partial charge < -0.3 is 20.6 Å². The second-order valence-corrected chi connectivity index (χ2v) is 4.83. The van der Waals surface area contributed by atoms with E-state index >= 15 is 0 Å². The van der Waals surface area contributed by atoms with E-state index in [0.29, 0.717) is 13.1 Å². The van der Waals surface area contributed by atoms with Crippen LogP contribution < -0.4 is 10.6 Å². The number of carbonyl (C=O) groups excluding carboxylic acids is 2. The number of phenolic OH excluding ortho intramolecular Hbond substituents is 1. The van der Waals surface area contributed by atoms with Crippen LogP contribution in [0.3, 0.4) is 0 Å². The van der Waals surface area contributed by atoms with E-state index in [2.05, 4.69) is 10.6 Å². The Balaban J connectivity index is 1.91. The molecule has 3 N–H and O–H groups in total. The zero-order valence-corrected chi connectivity index (χ0v) is 11.5. The number of aromatic hydroxyl groups is 1. The molecule has 1 aliphatic heterocycles. The fourth-order valence-electron chi connectivity index (χ4n) is 2.11. The highest BCUT2D eigenvalue weighted by Crippen LogP contribution is 2.17. The topological polar surface area (TPSA) is 81.7 Å². The molecule has 1 saturated heterocycles. The molecular formula is C14H19N3O3. The minimum atomic E-state index is -0.435. The normalized spacial score (nSPS) is 14.9. The summed E-state index contributed by atoms with van der Waals surface area (Å²) in [5, 5.41) is 15.4. The quantitative estimate of drug-likeness (QED) is 0.718. The van der Waals surface area contributed by atoms with Crippen molar-refractivity contribution in [2.45, 2.75) is 6.92 Å². The second-order valence-electron chi connectivity index (χ2n) is 4.83. The average Bonchev–Trinajstić information content (AvgIpc) is 2.47. The lowest BCUT2D eigenvalue weighted by atomic mass is 10.1. The Labute approximate surface area is 117 Å². The fourth-order valence-corrected chi connectivity index (χ4v) is 2.11. The minimum absolute atomic E-state index is 0.0494. The third-order valence-corrected chi connectivity index (χ3v) is 3.27. The smallest absolute Gasteiger partial charge is 0.255 e. The number of amides is 2. The third-order valence-electron chi connectivity index (χ3n) is 3.27. The molecule has 2 rings (SSSR count). The molecule has 1 aromatic rings. The Morgan fingerprint density at radius 1 is 1.35 bits per heavy atom. The maximum Gasteiger partial charge on any atom is 0.255 e. The van der Waals surface area contributed by atoms with Crippen LogP contribution in [0, 0.1) is 6.92 Å². The molecule has 0 spiro atoms. The fraction of sp³-hybridized carbons (Fsp3) is 0.429. The molecule has 1 heterocycles. The molecule has 0 aromatic heterocycles. The summed E-state index contributed by atoms with van der Waals surface area (Å²) in [6, 6.07) is 4.79. The molecule has 1 aromatic carbocycles.